The highest BCUT2D eigenvalue weighted by atomic mass is 32.1. The van der Waals surface area contributed by atoms with E-state index in [-0.39, 0.29) is 11.6 Å². The second-order valence-corrected chi connectivity index (χ2v) is 4.50. The topological polar surface area (TPSA) is 92.2 Å². The van der Waals surface area contributed by atoms with Gasteiger partial charge in [-0.05, 0) is 34.8 Å². The molecule has 0 radical (unpaired) electrons. The van der Waals surface area contributed by atoms with Gasteiger partial charge in [-0.1, -0.05) is 22.7 Å². The Morgan fingerprint density at radius 2 is 2.25 bits per heavy atom. The van der Waals surface area contributed by atoms with Gasteiger partial charge in [0.05, 0.1) is 0 Å². The summed E-state index contributed by atoms with van der Waals surface area (Å²) in [6.07, 6.45) is 2.57. The lowest BCUT2D eigenvalue weighted by molar-refractivity contribution is -0.131. The van der Waals surface area contributed by atoms with E-state index < -0.39 is 5.97 Å². The van der Waals surface area contributed by atoms with Crippen molar-refractivity contribution < 1.29 is 14.7 Å². The van der Waals surface area contributed by atoms with Gasteiger partial charge >= 0.3 is 5.97 Å². The summed E-state index contributed by atoms with van der Waals surface area (Å²) in [5.41, 5.74) is 1.92. The van der Waals surface area contributed by atoms with Gasteiger partial charge in [-0.3, -0.25) is 4.79 Å². The second kappa shape index (κ2) is 6.58. The minimum absolute atomic E-state index is 0.287. The van der Waals surface area contributed by atoms with Crippen LogP contribution in [0.2, 0.25) is 0 Å². The van der Waals surface area contributed by atoms with Crippen LogP contribution in [0, 0.1) is 0 Å². The van der Waals surface area contributed by atoms with E-state index in [1.54, 1.807) is 23.6 Å². The molecule has 0 saturated carbocycles. The predicted molar refractivity (Wildman–Crippen MR) is 74.2 cm³/mol. The molecule has 7 heteroatoms. The van der Waals surface area contributed by atoms with Crippen molar-refractivity contribution in [2.75, 3.05) is 0 Å². The number of amides is 1. The van der Waals surface area contributed by atoms with Crippen LogP contribution in [0.5, 0.6) is 0 Å². The minimum atomic E-state index is -1.00. The fourth-order valence-electron chi connectivity index (χ4n) is 1.51. The lowest BCUT2D eigenvalue weighted by atomic mass is 10.1. The van der Waals surface area contributed by atoms with Gasteiger partial charge in [0, 0.05) is 18.0 Å². The normalized spacial score (nSPS) is 10.6. The van der Waals surface area contributed by atoms with Crippen LogP contribution >= 0.6 is 11.5 Å². The zero-order chi connectivity index (χ0) is 14.4. The molecule has 0 bridgehead atoms. The van der Waals surface area contributed by atoms with E-state index in [0.29, 0.717) is 6.54 Å². The van der Waals surface area contributed by atoms with E-state index in [2.05, 4.69) is 14.9 Å². The number of carbonyl (C=O) groups excluding carboxylic acids is 1. The van der Waals surface area contributed by atoms with Crippen molar-refractivity contribution in [1.82, 2.24) is 14.9 Å². The van der Waals surface area contributed by atoms with E-state index in [9.17, 15) is 9.59 Å². The van der Waals surface area contributed by atoms with E-state index in [1.165, 1.54) is 6.08 Å². The summed E-state index contributed by atoms with van der Waals surface area (Å²) in [5.74, 6) is -1.29. The first kappa shape index (κ1) is 13.9. The highest BCUT2D eigenvalue weighted by molar-refractivity contribution is 7.03. The van der Waals surface area contributed by atoms with Crippen molar-refractivity contribution in [3.8, 4) is 0 Å². The summed E-state index contributed by atoms with van der Waals surface area (Å²) >= 11 is 1.11. The zero-order valence-electron chi connectivity index (χ0n) is 10.3. The fraction of sp³-hybridized carbons (Fsp3) is 0.0769. The highest BCUT2D eigenvalue weighted by Crippen LogP contribution is 2.07. The number of benzene rings is 1. The number of carboxylic acids is 1. The van der Waals surface area contributed by atoms with Crippen LogP contribution in [0.3, 0.4) is 0 Å². The number of aromatic nitrogens is 2. The Morgan fingerprint density at radius 1 is 1.40 bits per heavy atom. The summed E-state index contributed by atoms with van der Waals surface area (Å²) in [5, 5.41) is 16.5. The molecule has 0 unspecified atom stereocenters. The van der Waals surface area contributed by atoms with Gasteiger partial charge in [0.15, 0.2) is 5.69 Å². The number of nitrogens with zero attached hydrogens (tertiary/aromatic N) is 2. The summed E-state index contributed by atoms with van der Waals surface area (Å²) in [4.78, 5) is 22.1. The van der Waals surface area contributed by atoms with Gasteiger partial charge < -0.3 is 10.4 Å². The van der Waals surface area contributed by atoms with Gasteiger partial charge in [0.25, 0.3) is 5.91 Å². The number of hydrogen-bond donors (Lipinski definition) is 2. The van der Waals surface area contributed by atoms with Crippen LogP contribution in [0.4, 0.5) is 0 Å². The molecule has 102 valence electrons. The second-order valence-electron chi connectivity index (χ2n) is 3.89. The molecule has 1 aromatic carbocycles. The molecule has 0 aliphatic heterocycles. The molecule has 1 heterocycles. The smallest absolute Gasteiger partial charge is 0.328 e. The van der Waals surface area contributed by atoms with Crippen LogP contribution in [0.1, 0.15) is 21.6 Å². The van der Waals surface area contributed by atoms with Crippen LogP contribution in [0.25, 0.3) is 6.08 Å². The maximum atomic E-state index is 11.7. The number of aliphatic carboxylic acids is 1. The van der Waals surface area contributed by atoms with Crippen molar-refractivity contribution in [3.63, 3.8) is 0 Å². The average Bonchev–Trinajstić information content (AvgIpc) is 2.97. The first-order chi connectivity index (χ1) is 9.65. The third kappa shape index (κ3) is 3.99. The maximum Gasteiger partial charge on any atom is 0.328 e. The third-order valence-corrected chi connectivity index (χ3v) is 2.92. The monoisotopic (exact) mass is 289 g/mol. The largest absolute Gasteiger partial charge is 0.478 e. The van der Waals surface area contributed by atoms with E-state index in [4.69, 9.17) is 5.11 Å². The summed E-state index contributed by atoms with van der Waals surface area (Å²) in [7, 11) is 0. The van der Waals surface area contributed by atoms with Gasteiger partial charge in [0.1, 0.15) is 0 Å². The van der Waals surface area contributed by atoms with E-state index in [1.807, 2.05) is 6.07 Å². The molecule has 1 aromatic heterocycles. The molecular formula is C13H11N3O3S. The van der Waals surface area contributed by atoms with Gasteiger partial charge in [0.2, 0.25) is 0 Å². The van der Waals surface area contributed by atoms with Crippen LogP contribution in [-0.4, -0.2) is 26.6 Å². The van der Waals surface area contributed by atoms with Gasteiger partial charge in [-0.2, -0.15) is 0 Å². The van der Waals surface area contributed by atoms with E-state index in [0.717, 1.165) is 28.7 Å². The Morgan fingerprint density at radius 3 is 2.95 bits per heavy atom. The van der Waals surface area contributed by atoms with Gasteiger partial charge in [-0.25, -0.2) is 4.79 Å². The van der Waals surface area contributed by atoms with Crippen molar-refractivity contribution in [1.29, 1.82) is 0 Å². The quantitative estimate of drug-likeness (QED) is 0.815. The molecule has 0 fully saturated rings. The molecule has 0 aliphatic rings. The standard InChI is InChI=1S/C13H11N3O3S/c17-12(18)5-4-9-2-1-3-10(6-9)7-14-13(19)11-8-20-16-15-11/h1-6,8H,7H2,(H,14,19)(H,17,18). The molecule has 2 rings (SSSR count). The average molecular weight is 289 g/mol. The van der Waals surface area contributed by atoms with Crippen LogP contribution in [0.15, 0.2) is 35.7 Å². The van der Waals surface area contributed by atoms with Crippen LogP contribution < -0.4 is 5.32 Å². The molecule has 0 aliphatic carbocycles. The number of hydrogen-bond acceptors (Lipinski definition) is 5. The number of carbonyl (C=O) groups is 2. The Kier molecular flexibility index (Phi) is 4.56. The lowest BCUT2D eigenvalue weighted by Gasteiger charge is -2.04. The van der Waals surface area contributed by atoms with Crippen molar-refractivity contribution in [2.24, 2.45) is 0 Å². The summed E-state index contributed by atoms with van der Waals surface area (Å²) < 4.78 is 3.62. The maximum absolute atomic E-state index is 11.7. The SMILES string of the molecule is O=C(O)C=Cc1cccc(CNC(=O)c2csnn2)c1. The minimum Gasteiger partial charge on any atom is -0.478 e. The Balaban J connectivity index is 1.98. The zero-order valence-corrected chi connectivity index (χ0v) is 11.1. The van der Waals surface area contributed by atoms with Crippen molar-refractivity contribution in [3.05, 3.63) is 52.5 Å². The van der Waals surface area contributed by atoms with E-state index >= 15 is 0 Å². The third-order valence-electron chi connectivity index (χ3n) is 2.42. The molecule has 6 nitrogen and oxygen atoms in total. The molecule has 0 atom stereocenters. The molecule has 1 amide bonds. The number of carboxylic acid groups (broad SMARTS) is 1. The summed E-state index contributed by atoms with van der Waals surface area (Å²) in [6, 6.07) is 7.24. The van der Waals surface area contributed by atoms with Crippen molar-refractivity contribution >= 4 is 29.5 Å². The van der Waals surface area contributed by atoms with Crippen molar-refractivity contribution in [2.45, 2.75) is 6.54 Å². The molecule has 2 aromatic rings. The van der Waals surface area contributed by atoms with Crippen LogP contribution in [-0.2, 0) is 11.3 Å². The Labute approximate surface area is 118 Å². The predicted octanol–water partition coefficient (Wildman–Crippen LogP) is 1.57. The number of nitrogens with one attached hydrogen (secondary N) is 1. The highest BCUT2D eigenvalue weighted by Gasteiger charge is 2.07. The van der Waals surface area contributed by atoms with Gasteiger partial charge in [-0.15, -0.1) is 5.10 Å². The first-order valence-electron chi connectivity index (χ1n) is 5.70. The molecule has 2 N–H and O–H groups in total. The summed E-state index contributed by atoms with van der Waals surface area (Å²) in [6.45, 7) is 0.338. The first-order valence-corrected chi connectivity index (χ1v) is 6.54. The lowest BCUT2D eigenvalue weighted by Crippen LogP contribution is -2.23. The number of rotatable bonds is 5. The Hall–Kier alpha value is -2.54. The fourth-order valence-corrected chi connectivity index (χ4v) is 1.95. The molecule has 20 heavy (non-hydrogen) atoms. The molecule has 0 saturated heterocycles. The molecule has 0 spiro atoms. The Bertz CT molecular complexity index is 638. The molecular weight excluding hydrogens is 278 g/mol.